The molecule has 0 nitrogen and oxygen atoms in total. The Morgan fingerprint density at radius 3 is 2.07 bits per heavy atom. The number of hydrogen-bond acceptors (Lipinski definition) is 0. The van der Waals surface area contributed by atoms with Crippen LogP contribution in [0, 0.1) is 16.2 Å². The minimum Gasteiger partial charge on any atom is -0.0654 e. The van der Waals surface area contributed by atoms with Gasteiger partial charge in [-0.05, 0) is 61.2 Å². The van der Waals surface area contributed by atoms with Gasteiger partial charge in [-0.2, -0.15) is 0 Å². The van der Waals surface area contributed by atoms with Crippen molar-refractivity contribution in [1.29, 1.82) is 0 Å². The van der Waals surface area contributed by atoms with E-state index in [4.69, 9.17) is 0 Å². The van der Waals surface area contributed by atoms with Crippen LogP contribution in [0.15, 0.2) is 0 Å². The molecule has 0 heteroatoms. The zero-order chi connectivity index (χ0) is 10.6. The fourth-order valence-electron chi connectivity index (χ4n) is 5.41. The third-order valence-electron chi connectivity index (χ3n) is 6.72. The van der Waals surface area contributed by atoms with E-state index in [0.29, 0.717) is 0 Å². The van der Waals surface area contributed by atoms with Crippen molar-refractivity contribution in [2.24, 2.45) is 16.2 Å². The average molecular weight is 206 g/mol. The molecule has 1 unspecified atom stereocenters. The zero-order valence-corrected chi connectivity index (χ0v) is 10.6. The zero-order valence-electron chi connectivity index (χ0n) is 10.6. The van der Waals surface area contributed by atoms with Crippen LogP contribution < -0.4 is 0 Å². The molecule has 3 aliphatic rings. The SMILES string of the molecule is CCCCC[C@]12CCC13CC[C@]3(C)CC2. The van der Waals surface area contributed by atoms with E-state index in [-0.39, 0.29) is 0 Å². The van der Waals surface area contributed by atoms with E-state index in [9.17, 15) is 0 Å². The second kappa shape index (κ2) is 3.02. The van der Waals surface area contributed by atoms with Crippen molar-refractivity contribution in [2.75, 3.05) is 0 Å². The van der Waals surface area contributed by atoms with Gasteiger partial charge in [0.05, 0.1) is 0 Å². The molecule has 0 aromatic carbocycles. The van der Waals surface area contributed by atoms with E-state index in [1.54, 1.807) is 44.9 Å². The smallest absolute Gasteiger partial charge is 0.0187 e. The lowest BCUT2D eigenvalue weighted by Gasteiger charge is -2.69. The molecule has 3 atom stereocenters. The third kappa shape index (κ3) is 0.996. The molecule has 0 aliphatic heterocycles. The lowest BCUT2D eigenvalue weighted by Crippen LogP contribution is -2.60. The Morgan fingerprint density at radius 2 is 1.53 bits per heavy atom. The summed E-state index contributed by atoms with van der Waals surface area (Å²) in [6.45, 7) is 4.92. The Kier molecular flexibility index (Phi) is 2.05. The minimum atomic E-state index is 0.789. The molecule has 0 bridgehead atoms. The van der Waals surface area contributed by atoms with E-state index in [1.807, 2.05) is 0 Å². The first-order valence-electron chi connectivity index (χ1n) is 7.18. The summed E-state index contributed by atoms with van der Waals surface area (Å²) in [4.78, 5) is 0. The molecule has 0 saturated heterocycles. The van der Waals surface area contributed by atoms with E-state index >= 15 is 0 Å². The van der Waals surface area contributed by atoms with Crippen LogP contribution in [0.3, 0.4) is 0 Å². The normalized spacial score (nSPS) is 51.6. The maximum Gasteiger partial charge on any atom is -0.0187 e. The molecule has 0 N–H and O–H groups in total. The van der Waals surface area contributed by atoms with Crippen LogP contribution in [0.5, 0.6) is 0 Å². The second-order valence-corrected chi connectivity index (χ2v) is 6.88. The number of unbranched alkanes of at least 4 members (excludes halogenated alkanes) is 2. The van der Waals surface area contributed by atoms with Gasteiger partial charge in [0.25, 0.3) is 0 Å². The highest BCUT2D eigenvalue weighted by molar-refractivity contribution is 5.23. The van der Waals surface area contributed by atoms with Gasteiger partial charge in [0, 0.05) is 0 Å². The molecule has 86 valence electrons. The van der Waals surface area contributed by atoms with Gasteiger partial charge in [0.15, 0.2) is 0 Å². The molecule has 0 radical (unpaired) electrons. The Morgan fingerprint density at radius 1 is 0.867 bits per heavy atom. The molecule has 0 amide bonds. The first-order chi connectivity index (χ1) is 7.18. The first-order valence-corrected chi connectivity index (χ1v) is 7.18. The average Bonchev–Trinajstić information content (AvgIpc) is 2.28. The number of rotatable bonds is 4. The summed E-state index contributed by atoms with van der Waals surface area (Å²) >= 11 is 0. The highest BCUT2D eigenvalue weighted by Crippen LogP contribution is 2.83. The van der Waals surface area contributed by atoms with Crippen molar-refractivity contribution in [3.05, 3.63) is 0 Å². The second-order valence-electron chi connectivity index (χ2n) is 6.88. The predicted octanol–water partition coefficient (Wildman–Crippen LogP) is 4.93. The largest absolute Gasteiger partial charge is 0.0654 e. The monoisotopic (exact) mass is 206 g/mol. The summed E-state index contributed by atoms with van der Waals surface area (Å²) in [6.07, 6.45) is 15.3. The molecule has 3 saturated carbocycles. The van der Waals surface area contributed by atoms with Crippen LogP contribution in [0.25, 0.3) is 0 Å². The Labute approximate surface area is 94.8 Å². The highest BCUT2D eigenvalue weighted by atomic mass is 14.8. The first kappa shape index (κ1) is 10.2. The van der Waals surface area contributed by atoms with E-state index in [2.05, 4.69) is 13.8 Å². The molecule has 3 fully saturated rings. The topological polar surface area (TPSA) is 0 Å². The summed E-state index contributed by atoms with van der Waals surface area (Å²) in [6, 6.07) is 0. The van der Waals surface area contributed by atoms with Gasteiger partial charge in [-0.1, -0.05) is 33.1 Å². The van der Waals surface area contributed by atoms with Gasteiger partial charge >= 0.3 is 0 Å². The van der Waals surface area contributed by atoms with Crippen LogP contribution >= 0.6 is 0 Å². The van der Waals surface area contributed by atoms with E-state index < -0.39 is 0 Å². The van der Waals surface area contributed by atoms with Crippen LogP contribution in [-0.2, 0) is 0 Å². The molecular weight excluding hydrogens is 180 g/mol. The summed E-state index contributed by atoms with van der Waals surface area (Å²) in [7, 11) is 0. The fourth-order valence-corrected chi connectivity index (χ4v) is 5.41. The van der Waals surface area contributed by atoms with Crippen molar-refractivity contribution < 1.29 is 0 Å². The molecular formula is C15H26. The van der Waals surface area contributed by atoms with Gasteiger partial charge in [0.1, 0.15) is 0 Å². The molecule has 0 aromatic rings. The molecule has 0 heterocycles. The lowest BCUT2D eigenvalue weighted by atomic mass is 9.36. The summed E-state index contributed by atoms with van der Waals surface area (Å²) in [5, 5.41) is 0. The Hall–Kier alpha value is 0. The molecule has 1 spiro atoms. The van der Waals surface area contributed by atoms with Crippen molar-refractivity contribution >= 4 is 0 Å². The quantitative estimate of drug-likeness (QED) is 0.572. The standard InChI is InChI=1S/C15H26/c1-3-4-5-6-14-9-7-13(2)8-11-15(13,14)12-10-14/h3-12H2,1-2H3/t13-,14-,15?/m0/s1. The van der Waals surface area contributed by atoms with Gasteiger partial charge in [-0.15, -0.1) is 0 Å². The Bertz CT molecular complexity index is 265. The van der Waals surface area contributed by atoms with Crippen LogP contribution in [0.2, 0.25) is 0 Å². The summed E-state index contributed by atoms with van der Waals surface area (Å²) in [5.74, 6) is 0. The van der Waals surface area contributed by atoms with Crippen LogP contribution in [-0.4, -0.2) is 0 Å². The van der Waals surface area contributed by atoms with Crippen molar-refractivity contribution in [3.63, 3.8) is 0 Å². The van der Waals surface area contributed by atoms with Gasteiger partial charge < -0.3 is 0 Å². The summed E-state index contributed by atoms with van der Waals surface area (Å²) < 4.78 is 0. The Balaban J connectivity index is 1.72. The molecule has 3 aliphatic carbocycles. The van der Waals surface area contributed by atoms with Gasteiger partial charge in [-0.3, -0.25) is 0 Å². The van der Waals surface area contributed by atoms with Crippen molar-refractivity contribution in [3.8, 4) is 0 Å². The fraction of sp³-hybridized carbons (Fsp3) is 1.00. The van der Waals surface area contributed by atoms with Gasteiger partial charge in [0.2, 0.25) is 0 Å². The van der Waals surface area contributed by atoms with Crippen molar-refractivity contribution in [2.45, 2.75) is 78.1 Å². The minimum absolute atomic E-state index is 0.789. The lowest BCUT2D eigenvalue weighted by molar-refractivity contribution is -0.193. The van der Waals surface area contributed by atoms with Crippen LogP contribution in [0.4, 0.5) is 0 Å². The molecule has 0 aromatic heterocycles. The van der Waals surface area contributed by atoms with E-state index in [0.717, 1.165) is 16.2 Å². The molecule has 15 heavy (non-hydrogen) atoms. The van der Waals surface area contributed by atoms with Gasteiger partial charge in [-0.25, -0.2) is 0 Å². The number of hydrogen-bond donors (Lipinski definition) is 0. The highest BCUT2D eigenvalue weighted by Gasteiger charge is 2.73. The third-order valence-corrected chi connectivity index (χ3v) is 6.72. The summed E-state index contributed by atoms with van der Waals surface area (Å²) in [5.41, 5.74) is 2.49. The van der Waals surface area contributed by atoms with Crippen LogP contribution in [0.1, 0.15) is 78.1 Å². The maximum absolute atomic E-state index is 2.59. The van der Waals surface area contributed by atoms with E-state index in [1.165, 1.54) is 19.3 Å². The van der Waals surface area contributed by atoms with Crippen molar-refractivity contribution in [1.82, 2.24) is 0 Å². The predicted molar refractivity (Wildman–Crippen MR) is 64.8 cm³/mol. The molecule has 3 rings (SSSR count). The maximum atomic E-state index is 2.59.